The second-order valence-corrected chi connectivity index (χ2v) is 8.51. The van der Waals surface area contributed by atoms with Gasteiger partial charge in [0, 0.05) is 21.9 Å². The maximum atomic E-state index is 12.5. The van der Waals surface area contributed by atoms with E-state index in [0.717, 1.165) is 27.4 Å². The van der Waals surface area contributed by atoms with Crippen molar-refractivity contribution in [3.8, 4) is 33.3 Å². The van der Waals surface area contributed by atoms with Gasteiger partial charge in [-0.05, 0) is 30.7 Å². The van der Waals surface area contributed by atoms with Crippen LogP contribution in [-0.4, -0.2) is 30.1 Å². The van der Waals surface area contributed by atoms with Crippen LogP contribution in [0.3, 0.4) is 0 Å². The number of benzene rings is 2. The number of ether oxygens (including phenoxy) is 2. The van der Waals surface area contributed by atoms with Crippen molar-refractivity contribution >= 4 is 33.7 Å². The number of carbonyl (C=O) groups is 1. The Balaban J connectivity index is 1.43. The quantitative estimate of drug-likeness (QED) is 0.405. The van der Waals surface area contributed by atoms with E-state index in [9.17, 15) is 4.79 Å². The summed E-state index contributed by atoms with van der Waals surface area (Å²) in [7, 11) is 3.20. The van der Waals surface area contributed by atoms with Crippen LogP contribution in [-0.2, 0) is 11.2 Å². The highest BCUT2D eigenvalue weighted by Crippen LogP contribution is 2.33. The van der Waals surface area contributed by atoms with Gasteiger partial charge >= 0.3 is 0 Å². The van der Waals surface area contributed by atoms with Gasteiger partial charge in [-0.2, -0.15) is 0 Å². The van der Waals surface area contributed by atoms with Gasteiger partial charge in [-0.3, -0.25) is 4.79 Å². The van der Waals surface area contributed by atoms with Gasteiger partial charge in [-0.25, -0.2) is 9.97 Å². The zero-order chi connectivity index (χ0) is 21.8. The van der Waals surface area contributed by atoms with Crippen LogP contribution in [0.25, 0.3) is 21.8 Å². The minimum Gasteiger partial charge on any atom is -0.493 e. The standard InChI is InChI=1S/C23H21N3O3S2/c1-14-6-4-5-7-17(14)18-13-31-23(25-18)26-21(27)11-16-12-30-22(24-16)15-8-9-19(28-2)20(10-15)29-3/h4-10,12-13H,11H2,1-3H3,(H,25,26,27). The molecule has 6 nitrogen and oxygen atoms in total. The SMILES string of the molecule is COc1ccc(-c2nc(CC(=O)Nc3nc(-c4ccccc4C)cs3)cs2)cc1OC. The molecular weight excluding hydrogens is 430 g/mol. The Kier molecular flexibility index (Phi) is 6.29. The van der Waals surface area contributed by atoms with Gasteiger partial charge in [-0.1, -0.05) is 24.3 Å². The normalized spacial score (nSPS) is 10.7. The molecular formula is C23H21N3O3S2. The summed E-state index contributed by atoms with van der Waals surface area (Å²) in [6.07, 6.45) is 0.184. The van der Waals surface area contributed by atoms with E-state index in [1.54, 1.807) is 14.2 Å². The van der Waals surface area contributed by atoms with Crippen molar-refractivity contribution in [2.24, 2.45) is 0 Å². The zero-order valence-corrected chi connectivity index (χ0v) is 19.0. The number of hydrogen-bond acceptors (Lipinski definition) is 7. The third-order valence-electron chi connectivity index (χ3n) is 4.70. The van der Waals surface area contributed by atoms with Crippen LogP contribution < -0.4 is 14.8 Å². The molecule has 2 heterocycles. The van der Waals surface area contributed by atoms with E-state index < -0.39 is 0 Å². The molecule has 0 aliphatic carbocycles. The Hall–Kier alpha value is -3.23. The largest absolute Gasteiger partial charge is 0.493 e. The van der Waals surface area contributed by atoms with Gasteiger partial charge in [0.2, 0.25) is 5.91 Å². The Labute approximate surface area is 188 Å². The molecule has 158 valence electrons. The number of hydrogen-bond donors (Lipinski definition) is 1. The lowest BCUT2D eigenvalue weighted by Crippen LogP contribution is -2.14. The number of nitrogens with zero attached hydrogens (tertiary/aromatic N) is 2. The molecule has 1 amide bonds. The van der Waals surface area contributed by atoms with Crippen LogP contribution in [0, 0.1) is 6.92 Å². The predicted molar refractivity (Wildman–Crippen MR) is 125 cm³/mol. The summed E-state index contributed by atoms with van der Waals surface area (Å²) in [6.45, 7) is 2.05. The molecule has 2 aromatic carbocycles. The number of carbonyl (C=O) groups excluding carboxylic acids is 1. The average Bonchev–Trinajstić information content (AvgIpc) is 3.43. The van der Waals surface area contributed by atoms with E-state index in [1.807, 2.05) is 60.1 Å². The molecule has 0 unspecified atom stereocenters. The molecule has 4 rings (SSSR count). The highest BCUT2D eigenvalue weighted by Gasteiger charge is 2.14. The number of methoxy groups -OCH3 is 2. The third-order valence-corrected chi connectivity index (χ3v) is 6.39. The van der Waals surface area contributed by atoms with Crippen LogP contribution in [0.15, 0.2) is 53.2 Å². The molecule has 4 aromatic rings. The van der Waals surface area contributed by atoms with Crippen molar-refractivity contribution in [2.75, 3.05) is 19.5 Å². The van der Waals surface area contributed by atoms with Crippen molar-refractivity contribution in [2.45, 2.75) is 13.3 Å². The number of aromatic nitrogens is 2. The van der Waals surface area contributed by atoms with E-state index in [-0.39, 0.29) is 12.3 Å². The molecule has 0 spiro atoms. The lowest BCUT2D eigenvalue weighted by molar-refractivity contribution is -0.115. The summed E-state index contributed by atoms with van der Waals surface area (Å²) in [6, 6.07) is 13.7. The Morgan fingerprint density at radius 2 is 1.81 bits per heavy atom. The highest BCUT2D eigenvalue weighted by atomic mass is 32.1. The molecule has 0 atom stereocenters. The lowest BCUT2D eigenvalue weighted by Gasteiger charge is -2.08. The molecule has 8 heteroatoms. The molecule has 31 heavy (non-hydrogen) atoms. The number of aryl methyl sites for hydroxylation is 1. The first-order valence-corrected chi connectivity index (χ1v) is 11.3. The maximum Gasteiger partial charge on any atom is 0.232 e. The van der Waals surface area contributed by atoms with Gasteiger partial charge in [0.1, 0.15) is 5.01 Å². The average molecular weight is 452 g/mol. The number of thiazole rings is 2. The fraction of sp³-hybridized carbons (Fsp3) is 0.174. The molecule has 0 aliphatic rings. The number of rotatable bonds is 7. The summed E-state index contributed by atoms with van der Waals surface area (Å²) in [5.41, 5.74) is 4.71. The van der Waals surface area contributed by atoms with Crippen molar-refractivity contribution in [3.63, 3.8) is 0 Å². The minimum atomic E-state index is -0.144. The Morgan fingerprint density at radius 1 is 1.00 bits per heavy atom. The van der Waals surface area contributed by atoms with Crippen LogP contribution in [0.1, 0.15) is 11.3 Å². The monoisotopic (exact) mass is 451 g/mol. The minimum absolute atomic E-state index is 0.144. The van der Waals surface area contributed by atoms with Gasteiger partial charge in [0.05, 0.1) is 32.0 Å². The molecule has 0 radical (unpaired) electrons. The fourth-order valence-corrected chi connectivity index (χ4v) is 4.68. The Bertz CT molecular complexity index is 1220. The summed E-state index contributed by atoms with van der Waals surface area (Å²) in [5, 5.41) is 8.13. The first kappa shape index (κ1) is 21.0. The lowest BCUT2D eigenvalue weighted by atomic mass is 10.1. The number of anilines is 1. The van der Waals surface area contributed by atoms with E-state index in [4.69, 9.17) is 9.47 Å². The first-order valence-electron chi connectivity index (χ1n) is 9.55. The van der Waals surface area contributed by atoms with Gasteiger partial charge in [-0.15, -0.1) is 22.7 Å². The molecule has 1 N–H and O–H groups in total. The van der Waals surface area contributed by atoms with Crippen molar-refractivity contribution in [1.82, 2.24) is 9.97 Å². The van der Waals surface area contributed by atoms with E-state index >= 15 is 0 Å². The summed E-state index contributed by atoms with van der Waals surface area (Å²) in [5.74, 6) is 1.16. The predicted octanol–water partition coefficient (Wildman–Crippen LogP) is 5.44. The van der Waals surface area contributed by atoms with Crippen LogP contribution in [0.4, 0.5) is 5.13 Å². The van der Waals surface area contributed by atoms with Gasteiger partial charge in [0.25, 0.3) is 0 Å². The van der Waals surface area contributed by atoms with E-state index in [0.29, 0.717) is 22.3 Å². The fourth-order valence-electron chi connectivity index (χ4n) is 3.13. The second-order valence-electron chi connectivity index (χ2n) is 6.79. The topological polar surface area (TPSA) is 73.3 Å². The second kappa shape index (κ2) is 9.28. The molecule has 0 aliphatic heterocycles. The van der Waals surface area contributed by atoms with E-state index in [1.165, 1.54) is 22.7 Å². The Morgan fingerprint density at radius 3 is 2.58 bits per heavy atom. The summed E-state index contributed by atoms with van der Waals surface area (Å²) in [4.78, 5) is 21.7. The molecule has 0 saturated heterocycles. The number of amides is 1. The molecule has 0 saturated carbocycles. The zero-order valence-electron chi connectivity index (χ0n) is 17.3. The van der Waals surface area contributed by atoms with Gasteiger partial charge in [0.15, 0.2) is 16.6 Å². The molecule has 2 aromatic heterocycles. The smallest absolute Gasteiger partial charge is 0.232 e. The van der Waals surface area contributed by atoms with Crippen molar-refractivity contribution < 1.29 is 14.3 Å². The van der Waals surface area contributed by atoms with Gasteiger partial charge < -0.3 is 14.8 Å². The summed E-state index contributed by atoms with van der Waals surface area (Å²) < 4.78 is 10.6. The van der Waals surface area contributed by atoms with Crippen molar-refractivity contribution in [3.05, 3.63) is 64.5 Å². The molecule has 0 bridgehead atoms. The van der Waals surface area contributed by atoms with Crippen LogP contribution >= 0.6 is 22.7 Å². The number of nitrogens with one attached hydrogen (secondary N) is 1. The first-order chi connectivity index (χ1) is 15.1. The van der Waals surface area contributed by atoms with Crippen LogP contribution in [0.2, 0.25) is 0 Å². The third kappa shape index (κ3) is 4.76. The summed E-state index contributed by atoms with van der Waals surface area (Å²) >= 11 is 2.90. The van der Waals surface area contributed by atoms with Crippen LogP contribution in [0.5, 0.6) is 11.5 Å². The maximum absolute atomic E-state index is 12.5. The van der Waals surface area contributed by atoms with E-state index in [2.05, 4.69) is 15.3 Å². The molecule has 0 fully saturated rings. The van der Waals surface area contributed by atoms with Crippen molar-refractivity contribution in [1.29, 1.82) is 0 Å². The highest BCUT2D eigenvalue weighted by molar-refractivity contribution is 7.14.